The molecule has 1 aromatic heterocycles. The van der Waals surface area contributed by atoms with E-state index in [9.17, 15) is 15.2 Å². The number of thioether (sulfide) groups is 1. The SMILES string of the molecule is CCn1c(SCc2ccccc2[N+](=O)[O-])nnc1-c1ccccc1O. The molecular weight excluding hydrogens is 340 g/mol. The first-order chi connectivity index (χ1) is 12.1. The highest BCUT2D eigenvalue weighted by Crippen LogP contribution is 2.32. The molecule has 7 nitrogen and oxygen atoms in total. The third-order valence-electron chi connectivity index (χ3n) is 3.72. The van der Waals surface area contributed by atoms with E-state index in [1.54, 1.807) is 36.4 Å². The van der Waals surface area contributed by atoms with E-state index < -0.39 is 0 Å². The fourth-order valence-electron chi connectivity index (χ4n) is 2.50. The molecule has 3 rings (SSSR count). The van der Waals surface area contributed by atoms with Crippen molar-refractivity contribution >= 4 is 17.4 Å². The van der Waals surface area contributed by atoms with E-state index in [1.165, 1.54) is 17.8 Å². The molecule has 8 heteroatoms. The number of aromatic hydroxyl groups is 1. The molecule has 1 N–H and O–H groups in total. The number of aromatic nitrogens is 3. The minimum atomic E-state index is -0.381. The van der Waals surface area contributed by atoms with Crippen LogP contribution >= 0.6 is 11.8 Å². The van der Waals surface area contributed by atoms with Crippen LogP contribution in [0.25, 0.3) is 11.4 Å². The third-order valence-corrected chi connectivity index (χ3v) is 4.74. The summed E-state index contributed by atoms with van der Waals surface area (Å²) < 4.78 is 1.88. The molecule has 128 valence electrons. The van der Waals surface area contributed by atoms with Crippen LogP contribution in [0, 0.1) is 10.1 Å². The topological polar surface area (TPSA) is 94.1 Å². The van der Waals surface area contributed by atoms with Crippen LogP contribution in [0.15, 0.2) is 53.7 Å². The number of benzene rings is 2. The molecular formula is C17H16N4O3S. The number of hydrogen-bond acceptors (Lipinski definition) is 6. The van der Waals surface area contributed by atoms with Gasteiger partial charge in [0.2, 0.25) is 0 Å². The Labute approximate surface area is 148 Å². The molecule has 0 saturated carbocycles. The molecule has 0 amide bonds. The van der Waals surface area contributed by atoms with Gasteiger partial charge in [0.25, 0.3) is 5.69 Å². The fourth-order valence-corrected chi connectivity index (χ4v) is 3.49. The van der Waals surface area contributed by atoms with Crippen LogP contribution in [0.4, 0.5) is 5.69 Å². The number of nitro benzene ring substituents is 1. The predicted octanol–water partition coefficient (Wildman–Crippen LogP) is 3.87. The normalized spacial score (nSPS) is 10.8. The standard InChI is InChI=1S/C17H16N4O3S/c1-2-20-16(13-8-4-6-10-15(13)22)18-19-17(20)25-11-12-7-3-5-9-14(12)21(23)24/h3-10,22H,2,11H2,1H3. The highest BCUT2D eigenvalue weighted by Gasteiger charge is 2.18. The van der Waals surface area contributed by atoms with Gasteiger partial charge in [-0.05, 0) is 19.1 Å². The maximum Gasteiger partial charge on any atom is 0.273 e. The number of nitrogens with zero attached hydrogens (tertiary/aromatic N) is 4. The van der Waals surface area contributed by atoms with Crippen molar-refractivity contribution in [3.05, 3.63) is 64.2 Å². The van der Waals surface area contributed by atoms with Crippen molar-refractivity contribution in [2.75, 3.05) is 0 Å². The summed E-state index contributed by atoms with van der Waals surface area (Å²) in [6.07, 6.45) is 0. The second-order valence-electron chi connectivity index (χ2n) is 5.24. The third kappa shape index (κ3) is 3.48. The zero-order valence-electron chi connectivity index (χ0n) is 13.5. The van der Waals surface area contributed by atoms with E-state index in [-0.39, 0.29) is 16.4 Å². The maximum absolute atomic E-state index is 11.1. The van der Waals surface area contributed by atoms with Crippen molar-refractivity contribution < 1.29 is 10.0 Å². The van der Waals surface area contributed by atoms with Crippen molar-refractivity contribution in [1.82, 2.24) is 14.8 Å². The van der Waals surface area contributed by atoms with Gasteiger partial charge in [-0.25, -0.2) is 0 Å². The summed E-state index contributed by atoms with van der Waals surface area (Å²) >= 11 is 1.38. The lowest BCUT2D eigenvalue weighted by atomic mass is 10.2. The summed E-state index contributed by atoms with van der Waals surface area (Å²) in [5.74, 6) is 1.13. The molecule has 0 aliphatic rings. The molecule has 0 aliphatic heterocycles. The molecule has 0 aliphatic carbocycles. The van der Waals surface area contributed by atoms with Crippen molar-refractivity contribution in [1.29, 1.82) is 0 Å². The van der Waals surface area contributed by atoms with Crippen LogP contribution < -0.4 is 0 Å². The molecule has 3 aromatic rings. The lowest BCUT2D eigenvalue weighted by Gasteiger charge is -2.08. The Morgan fingerprint density at radius 1 is 1.16 bits per heavy atom. The summed E-state index contributed by atoms with van der Waals surface area (Å²) in [6, 6.07) is 13.6. The molecule has 0 radical (unpaired) electrons. The Bertz CT molecular complexity index is 910. The second kappa shape index (κ2) is 7.35. The largest absolute Gasteiger partial charge is 0.507 e. The number of phenols is 1. The van der Waals surface area contributed by atoms with E-state index in [0.29, 0.717) is 34.4 Å². The molecule has 1 heterocycles. The van der Waals surface area contributed by atoms with E-state index >= 15 is 0 Å². The maximum atomic E-state index is 11.1. The summed E-state index contributed by atoms with van der Waals surface area (Å²) in [6.45, 7) is 2.58. The molecule has 0 unspecified atom stereocenters. The zero-order valence-corrected chi connectivity index (χ0v) is 14.3. The minimum Gasteiger partial charge on any atom is -0.507 e. The number of rotatable bonds is 6. The van der Waals surface area contributed by atoms with Crippen LogP contribution in [-0.4, -0.2) is 24.8 Å². The summed E-state index contributed by atoms with van der Waals surface area (Å²) in [5, 5.41) is 30.2. The van der Waals surface area contributed by atoms with Gasteiger partial charge >= 0.3 is 0 Å². The Morgan fingerprint density at radius 3 is 2.60 bits per heavy atom. The lowest BCUT2D eigenvalue weighted by molar-refractivity contribution is -0.385. The second-order valence-corrected chi connectivity index (χ2v) is 6.18. The molecule has 0 bridgehead atoms. The van der Waals surface area contributed by atoms with Crippen LogP contribution in [0.5, 0.6) is 5.75 Å². The summed E-state index contributed by atoms with van der Waals surface area (Å²) in [5.41, 5.74) is 1.33. The predicted molar refractivity (Wildman–Crippen MR) is 95.5 cm³/mol. The van der Waals surface area contributed by atoms with Crippen molar-refractivity contribution in [2.45, 2.75) is 24.4 Å². The van der Waals surface area contributed by atoms with E-state index in [1.807, 2.05) is 17.6 Å². The number of hydrogen-bond donors (Lipinski definition) is 1. The summed E-state index contributed by atoms with van der Waals surface area (Å²) in [4.78, 5) is 10.7. The smallest absolute Gasteiger partial charge is 0.273 e. The zero-order chi connectivity index (χ0) is 17.8. The van der Waals surface area contributed by atoms with Gasteiger partial charge in [-0.1, -0.05) is 42.1 Å². The molecule has 0 fully saturated rings. The molecule has 25 heavy (non-hydrogen) atoms. The average Bonchev–Trinajstić information content (AvgIpc) is 3.03. The number of para-hydroxylation sites is 2. The Balaban J connectivity index is 1.88. The highest BCUT2D eigenvalue weighted by molar-refractivity contribution is 7.98. The molecule has 0 atom stereocenters. The Kier molecular flexibility index (Phi) is 4.99. The van der Waals surface area contributed by atoms with E-state index in [0.717, 1.165) is 0 Å². The van der Waals surface area contributed by atoms with Gasteiger partial charge in [0, 0.05) is 23.9 Å². The van der Waals surface area contributed by atoms with Crippen molar-refractivity contribution in [3.8, 4) is 17.1 Å². The average molecular weight is 356 g/mol. The first kappa shape index (κ1) is 17.0. The first-order valence-electron chi connectivity index (χ1n) is 7.68. The van der Waals surface area contributed by atoms with Gasteiger partial charge in [-0.3, -0.25) is 10.1 Å². The van der Waals surface area contributed by atoms with Gasteiger partial charge in [0.1, 0.15) is 5.75 Å². The minimum absolute atomic E-state index is 0.0958. The van der Waals surface area contributed by atoms with Gasteiger partial charge in [0.15, 0.2) is 11.0 Å². The first-order valence-corrected chi connectivity index (χ1v) is 8.67. The van der Waals surface area contributed by atoms with E-state index in [4.69, 9.17) is 0 Å². The van der Waals surface area contributed by atoms with Gasteiger partial charge < -0.3 is 9.67 Å². The van der Waals surface area contributed by atoms with Crippen LogP contribution in [0.3, 0.4) is 0 Å². The summed E-state index contributed by atoms with van der Waals surface area (Å²) in [7, 11) is 0. The fraction of sp³-hybridized carbons (Fsp3) is 0.176. The highest BCUT2D eigenvalue weighted by atomic mass is 32.2. The Hall–Kier alpha value is -2.87. The molecule has 0 spiro atoms. The quantitative estimate of drug-likeness (QED) is 0.409. The van der Waals surface area contributed by atoms with Crippen LogP contribution in [0.2, 0.25) is 0 Å². The van der Waals surface area contributed by atoms with Crippen molar-refractivity contribution in [3.63, 3.8) is 0 Å². The van der Waals surface area contributed by atoms with Crippen LogP contribution in [0.1, 0.15) is 12.5 Å². The molecule has 0 saturated heterocycles. The van der Waals surface area contributed by atoms with Gasteiger partial charge in [-0.15, -0.1) is 10.2 Å². The lowest BCUT2D eigenvalue weighted by Crippen LogP contribution is -2.00. The Morgan fingerprint density at radius 2 is 1.88 bits per heavy atom. The van der Waals surface area contributed by atoms with Crippen molar-refractivity contribution in [2.24, 2.45) is 0 Å². The number of phenolic OH excluding ortho intramolecular Hbond substituents is 1. The van der Waals surface area contributed by atoms with E-state index in [2.05, 4.69) is 10.2 Å². The number of nitro groups is 1. The van der Waals surface area contributed by atoms with Crippen LogP contribution in [-0.2, 0) is 12.3 Å². The van der Waals surface area contributed by atoms with Gasteiger partial charge in [0.05, 0.1) is 10.5 Å². The monoisotopic (exact) mass is 356 g/mol. The van der Waals surface area contributed by atoms with Gasteiger partial charge in [-0.2, -0.15) is 0 Å². The molecule has 2 aromatic carbocycles.